The number of nitrogens with one attached hydrogen (secondary N) is 1. The highest BCUT2D eigenvalue weighted by Gasteiger charge is 2.23. The summed E-state index contributed by atoms with van der Waals surface area (Å²) in [6.07, 6.45) is 2.72. The molecule has 0 bridgehead atoms. The van der Waals surface area contributed by atoms with Crippen LogP contribution in [0.15, 0.2) is 18.2 Å². The number of methoxy groups -OCH3 is 1. The predicted molar refractivity (Wildman–Crippen MR) is 64.3 cm³/mol. The van der Waals surface area contributed by atoms with Gasteiger partial charge < -0.3 is 10.1 Å². The standard InChI is InChI=1S/C13H17NO2/c1-3-4-9-7-13(15)11-8-10(16-2)5-6-12(11)14-9/h5-6,8-9,14H,3-4,7H2,1-2H3. The molecule has 0 radical (unpaired) electrons. The van der Waals surface area contributed by atoms with E-state index in [1.54, 1.807) is 7.11 Å². The molecule has 1 aromatic rings. The van der Waals surface area contributed by atoms with Gasteiger partial charge in [0, 0.05) is 23.7 Å². The van der Waals surface area contributed by atoms with Crippen molar-refractivity contribution in [1.29, 1.82) is 0 Å². The molecule has 1 heterocycles. The van der Waals surface area contributed by atoms with Crippen LogP contribution < -0.4 is 10.1 Å². The van der Waals surface area contributed by atoms with E-state index in [0.717, 1.165) is 29.8 Å². The molecule has 1 atom stereocenters. The first-order valence-electron chi connectivity index (χ1n) is 5.72. The van der Waals surface area contributed by atoms with Gasteiger partial charge in [-0.2, -0.15) is 0 Å². The Kier molecular flexibility index (Phi) is 3.13. The Morgan fingerprint density at radius 1 is 1.50 bits per heavy atom. The zero-order valence-corrected chi connectivity index (χ0v) is 9.75. The van der Waals surface area contributed by atoms with E-state index in [1.165, 1.54) is 0 Å². The predicted octanol–water partition coefficient (Wildman–Crippen LogP) is 2.86. The molecule has 1 aliphatic heterocycles. The van der Waals surface area contributed by atoms with Gasteiger partial charge in [0.2, 0.25) is 0 Å². The van der Waals surface area contributed by atoms with Crippen LogP contribution in [0.1, 0.15) is 36.5 Å². The van der Waals surface area contributed by atoms with Crippen LogP contribution in [0.5, 0.6) is 5.75 Å². The maximum atomic E-state index is 11.9. The molecular weight excluding hydrogens is 202 g/mol. The summed E-state index contributed by atoms with van der Waals surface area (Å²) in [6.45, 7) is 2.13. The number of benzene rings is 1. The summed E-state index contributed by atoms with van der Waals surface area (Å²) in [7, 11) is 1.61. The molecule has 0 aliphatic carbocycles. The molecule has 1 aromatic carbocycles. The van der Waals surface area contributed by atoms with Crippen molar-refractivity contribution in [2.24, 2.45) is 0 Å². The molecule has 0 saturated carbocycles. The van der Waals surface area contributed by atoms with Crippen LogP contribution in [0.25, 0.3) is 0 Å². The molecule has 2 rings (SSSR count). The monoisotopic (exact) mass is 219 g/mol. The van der Waals surface area contributed by atoms with Crippen molar-refractivity contribution in [2.75, 3.05) is 12.4 Å². The minimum absolute atomic E-state index is 0.214. The van der Waals surface area contributed by atoms with Crippen LogP contribution in [-0.4, -0.2) is 18.9 Å². The Labute approximate surface area is 95.8 Å². The summed E-state index contributed by atoms with van der Waals surface area (Å²) in [6, 6.07) is 5.91. The first-order valence-corrected chi connectivity index (χ1v) is 5.72. The van der Waals surface area contributed by atoms with E-state index in [9.17, 15) is 4.79 Å². The molecule has 0 amide bonds. The first kappa shape index (κ1) is 11.0. The molecule has 3 nitrogen and oxygen atoms in total. The Morgan fingerprint density at radius 2 is 2.31 bits per heavy atom. The number of hydrogen-bond acceptors (Lipinski definition) is 3. The van der Waals surface area contributed by atoms with E-state index >= 15 is 0 Å². The second-order valence-corrected chi connectivity index (χ2v) is 4.17. The molecule has 1 aliphatic rings. The SMILES string of the molecule is CCCC1CC(=O)c2cc(OC)ccc2N1. The van der Waals surface area contributed by atoms with Crippen LogP contribution in [0.3, 0.4) is 0 Å². The lowest BCUT2D eigenvalue weighted by Gasteiger charge is -2.26. The second kappa shape index (κ2) is 4.56. The fourth-order valence-corrected chi connectivity index (χ4v) is 2.13. The van der Waals surface area contributed by atoms with Crippen molar-refractivity contribution in [3.63, 3.8) is 0 Å². The lowest BCUT2D eigenvalue weighted by Crippen LogP contribution is -2.29. The largest absolute Gasteiger partial charge is 0.497 e. The molecule has 86 valence electrons. The number of Topliss-reactive ketones (excluding diaryl/α,β-unsaturated/α-hetero) is 1. The number of carbonyl (C=O) groups excluding carboxylic acids is 1. The highest BCUT2D eigenvalue weighted by molar-refractivity contribution is 6.03. The van der Waals surface area contributed by atoms with Gasteiger partial charge in [-0.25, -0.2) is 0 Å². The van der Waals surface area contributed by atoms with Gasteiger partial charge in [-0.3, -0.25) is 4.79 Å². The first-order chi connectivity index (χ1) is 7.74. The minimum atomic E-state index is 0.214. The number of ketones is 1. The van der Waals surface area contributed by atoms with E-state index in [2.05, 4.69) is 12.2 Å². The second-order valence-electron chi connectivity index (χ2n) is 4.17. The van der Waals surface area contributed by atoms with Gasteiger partial charge in [-0.1, -0.05) is 13.3 Å². The smallest absolute Gasteiger partial charge is 0.167 e. The van der Waals surface area contributed by atoms with Crippen molar-refractivity contribution in [3.05, 3.63) is 23.8 Å². The lowest BCUT2D eigenvalue weighted by molar-refractivity contribution is 0.0971. The van der Waals surface area contributed by atoms with Gasteiger partial charge >= 0.3 is 0 Å². The number of rotatable bonds is 3. The highest BCUT2D eigenvalue weighted by atomic mass is 16.5. The Balaban J connectivity index is 2.27. The summed E-state index contributed by atoms with van der Waals surface area (Å²) in [4.78, 5) is 11.9. The summed E-state index contributed by atoms with van der Waals surface area (Å²) in [5, 5.41) is 3.40. The summed E-state index contributed by atoms with van der Waals surface area (Å²) in [5.74, 6) is 0.953. The Hall–Kier alpha value is -1.51. The average molecular weight is 219 g/mol. The van der Waals surface area contributed by atoms with Crippen molar-refractivity contribution >= 4 is 11.5 Å². The van der Waals surface area contributed by atoms with E-state index in [4.69, 9.17) is 4.74 Å². The average Bonchev–Trinajstić information content (AvgIpc) is 2.29. The quantitative estimate of drug-likeness (QED) is 0.849. The topological polar surface area (TPSA) is 38.3 Å². The minimum Gasteiger partial charge on any atom is -0.497 e. The maximum absolute atomic E-state index is 11.9. The third-order valence-corrected chi connectivity index (χ3v) is 2.96. The van der Waals surface area contributed by atoms with Gasteiger partial charge in [-0.05, 0) is 24.6 Å². The molecule has 1 unspecified atom stereocenters. The van der Waals surface area contributed by atoms with Gasteiger partial charge in [0.25, 0.3) is 0 Å². The number of anilines is 1. The normalized spacial score (nSPS) is 18.9. The van der Waals surface area contributed by atoms with Gasteiger partial charge in [0.15, 0.2) is 5.78 Å². The number of fused-ring (bicyclic) bond motifs is 1. The van der Waals surface area contributed by atoms with E-state index in [-0.39, 0.29) is 5.78 Å². The summed E-state index contributed by atoms with van der Waals surface area (Å²) in [5.41, 5.74) is 1.70. The molecule has 0 saturated heterocycles. The van der Waals surface area contributed by atoms with Crippen molar-refractivity contribution in [2.45, 2.75) is 32.2 Å². The third-order valence-electron chi connectivity index (χ3n) is 2.96. The molecule has 3 heteroatoms. The fraction of sp³-hybridized carbons (Fsp3) is 0.462. The molecule has 0 spiro atoms. The van der Waals surface area contributed by atoms with Crippen LogP contribution in [0, 0.1) is 0 Å². The number of ether oxygens (including phenoxy) is 1. The summed E-state index contributed by atoms with van der Waals surface area (Å²) < 4.78 is 5.12. The summed E-state index contributed by atoms with van der Waals surface area (Å²) >= 11 is 0. The Bertz CT molecular complexity index is 401. The van der Waals surface area contributed by atoms with Gasteiger partial charge in [0.1, 0.15) is 5.75 Å². The zero-order chi connectivity index (χ0) is 11.5. The van der Waals surface area contributed by atoms with E-state index < -0.39 is 0 Å². The third kappa shape index (κ3) is 2.03. The van der Waals surface area contributed by atoms with Crippen LogP contribution in [0.4, 0.5) is 5.69 Å². The molecule has 0 fully saturated rings. The van der Waals surface area contributed by atoms with Gasteiger partial charge in [-0.15, -0.1) is 0 Å². The molecule has 1 N–H and O–H groups in total. The van der Waals surface area contributed by atoms with E-state index in [1.807, 2.05) is 18.2 Å². The highest BCUT2D eigenvalue weighted by Crippen LogP contribution is 2.29. The van der Waals surface area contributed by atoms with Crippen molar-refractivity contribution in [3.8, 4) is 5.75 Å². The van der Waals surface area contributed by atoms with Crippen LogP contribution in [0.2, 0.25) is 0 Å². The fourth-order valence-electron chi connectivity index (χ4n) is 2.13. The number of carbonyl (C=O) groups is 1. The van der Waals surface area contributed by atoms with Crippen LogP contribution in [-0.2, 0) is 0 Å². The molecule has 0 aromatic heterocycles. The Morgan fingerprint density at radius 3 is 3.00 bits per heavy atom. The number of hydrogen-bond donors (Lipinski definition) is 1. The van der Waals surface area contributed by atoms with E-state index in [0.29, 0.717) is 12.5 Å². The lowest BCUT2D eigenvalue weighted by atomic mass is 9.94. The van der Waals surface area contributed by atoms with Gasteiger partial charge in [0.05, 0.1) is 7.11 Å². The maximum Gasteiger partial charge on any atom is 0.167 e. The molecular formula is C13H17NO2. The molecule has 16 heavy (non-hydrogen) atoms. The van der Waals surface area contributed by atoms with Crippen molar-refractivity contribution in [1.82, 2.24) is 0 Å². The van der Waals surface area contributed by atoms with Crippen molar-refractivity contribution < 1.29 is 9.53 Å². The zero-order valence-electron chi connectivity index (χ0n) is 9.75. The van der Waals surface area contributed by atoms with Crippen LogP contribution >= 0.6 is 0 Å².